The molecule has 1 atom stereocenters. The summed E-state index contributed by atoms with van der Waals surface area (Å²) in [5.41, 5.74) is 12.6. The van der Waals surface area contributed by atoms with Crippen LogP contribution in [0.1, 0.15) is 65.6 Å². The van der Waals surface area contributed by atoms with Crippen molar-refractivity contribution >= 4 is 8.78 Å². The molecule has 0 saturated carbocycles. The fraction of sp³-hybridized carbons (Fsp3) is 0.320. The van der Waals surface area contributed by atoms with Gasteiger partial charge in [-0.25, -0.2) is 0 Å². The third-order valence-electron chi connectivity index (χ3n) is 5.68. The van der Waals surface area contributed by atoms with Crippen LogP contribution in [0.5, 0.6) is 0 Å². The van der Waals surface area contributed by atoms with E-state index in [4.69, 9.17) is 0 Å². The molecule has 0 heterocycles. The maximum Gasteiger partial charge on any atom is -1.00 e. The first-order valence-electron chi connectivity index (χ1n) is 9.86. The molecule has 4 rings (SSSR count). The molecule has 0 amide bonds. The van der Waals surface area contributed by atoms with Crippen LogP contribution in [0.3, 0.4) is 0 Å². The van der Waals surface area contributed by atoms with Crippen LogP contribution in [0.2, 0.25) is 0 Å². The van der Waals surface area contributed by atoms with Crippen molar-refractivity contribution in [2.45, 2.75) is 50.6 Å². The Morgan fingerprint density at radius 2 is 1.79 bits per heavy atom. The first kappa shape index (κ1) is 23.5. The fourth-order valence-corrected chi connectivity index (χ4v) is 8.14. The maximum absolute atomic E-state index is 2.53. The summed E-state index contributed by atoms with van der Waals surface area (Å²) in [6.07, 6.45) is 10.3. The van der Waals surface area contributed by atoms with Gasteiger partial charge in [-0.05, 0) is 0 Å². The van der Waals surface area contributed by atoms with Gasteiger partial charge in [-0.1, -0.05) is 0 Å². The molecule has 0 spiro atoms. The minimum Gasteiger partial charge on any atom is -1.00 e. The van der Waals surface area contributed by atoms with E-state index in [1.807, 2.05) is 0 Å². The molecule has 3 heteroatoms. The third kappa shape index (κ3) is 3.96. The van der Waals surface area contributed by atoms with Gasteiger partial charge < -0.3 is 24.8 Å². The topological polar surface area (TPSA) is 0 Å². The van der Waals surface area contributed by atoms with Crippen LogP contribution in [0.25, 0.3) is 16.7 Å². The van der Waals surface area contributed by atoms with Crippen molar-refractivity contribution in [3.05, 3.63) is 76.4 Å². The average Bonchev–Trinajstić information content (AvgIpc) is 3.27. The monoisotopic (exact) mass is 487 g/mol. The first-order valence-corrected chi connectivity index (χ1v) is 12.5. The number of hydrogen-bond acceptors (Lipinski definition) is 0. The van der Waals surface area contributed by atoms with Gasteiger partial charge in [0.15, 0.2) is 0 Å². The van der Waals surface area contributed by atoms with Gasteiger partial charge in [0.1, 0.15) is 0 Å². The predicted octanol–water partition coefficient (Wildman–Crippen LogP) is 0.527. The Hall–Kier alpha value is -0.747. The van der Waals surface area contributed by atoms with Crippen molar-refractivity contribution in [3.8, 4) is 11.1 Å². The van der Waals surface area contributed by atoms with Gasteiger partial charge in [-0.3, -0.25) is 0 Å². The van der Waals surface area contributed by atoms with E-state index in [0.29, 0.717) is 3.63 Å². The summed E-state index contributed by atoms with van der Waals surface area (Å²) < 4.78 is 2.35. The van der Waals surface area contributed by atoms with Gasteiger partial charge in [0.25, 0.3) is 0 Å². The normalized spacial score (nSPS) is 15.7. The Labute approximate surface area is 193 Å². The summed E-state index contributed by atoms with van der Waals surface area (Å²) in [5, 5.41) is 0. The summed E-state index contributed by atoms with van der Waals surface area (Å²) in [6, 6.07) is 11.7. The molecule has 28 heavy (non-hydrogen) atoms. The van der Waals surface area contributed by atoms with Crippen molar-refractivity contribution in [3.63, 3.8) is 0 Å². The standard InChI is InChI=1S/C22H21.C3H6.2ClH.Zr/c1-3-15-13-20-19-12-8-7-11-17(19)14-21(20)22(18(15)4-2)16-9-5-6-10-16;1-3-2;;;/h5-9,11-14H,3-4,10H2,1-2H3;1-2H3;2*1H;/q;;;;+2/p-2. The molecule has 145 valence electrons. The van der Waals surface area contributed by atoms with E-state index in [0.717, 1.165) is 19.3 Å². The number of halogens is 2. The largest absolute Gasteiger partial charge is 1.00 e. The van der Waals surface area contributed by atoms with Crippen LogP contribution in [0.4, 0.5) is 0 Å². The Bertz CT molecular complexity index is 963. The molecule has 0 saturated heterocycles. The van der Waals surface area contributed by atoms with Crippen LogP contribution in [-0.4, -0.2) is 3.21 Å². The van der Waals surface area contributed by atoms with Gasteiger partial charge in [0, 0.05) is 0 Å². The molecule has 2 aromatic rings. The first-order chi connectivity index (χ1) is 12.7. The Morgan fingerprint density at radius 3 is 2.39 bits per heavy atom. The van der Waals surface area contributed by atoms with Crippen LogP contribution in [-0.2, 0) is 35.6 Å². The van der Waals surface area contributed by atoms with Gasteiger partial charge in [0.2, 0.25) is 0 Å². The molecule has 0 bridgehead atoms. The van der Waals surface area contributed by atoms with Gasteiger partial charge in [-0.2, -0.15) is 0 Å². The SMILES string of the molecule is CCc1cc2c(c(C3=CC=CC3)c1CC)[CH]([Zr+2]=[C](C)C)c1ccccc1-2.[Cl-].[Cl-]. The molecule has 2 aromatic carbocycles. The van der Waals surface area contributed by atoms with Crippen molar-refractivity contribution in [2.75, 3.05) is 0 Å². The molecule has 0 N–H and O–H groups in total. The quantitative estimate of drug-likeness (QED) is 0.588. The molecular weight excluding hydrogens is 462 g/mol. The van der Waals surface area contributed by atoms with Crippen LogP contribution in [0.15, 0.2) is 48.6 Å². The zero-order valence-electron chi connectivity index (χ0n) is 17.1. The van der Waals surface area contributed by atoms with Crippen molar-refractivity contribution in [1.29, 1.82) is 0 Å². The number of allylic oxidation sites excluding steroid dienone is 4. The molecule has 0 aromatic heterocycles. The van der Waals surface area contributed by atoms with Crippen molar-refractivity contribution < 1.29 is 47.6 Å². The summed E-state index contributed by atoms with van der Waals surface area (Å²) >= 11 is -0.644. The second-order valence-corrected chi connectivity index (χ2v) is 12.1. The van der Waals surface area contributed by atoms with Crippen LogP contribution >= 0.6 is 0 Å². The summed E-state index contributed by atoms with van der Waals surface area (Å²) in [6.45, 7) is 9.35. The summed E-state index contributed by atoms with van der Waals surface area (Å²) in [4.78, 5) is 0. The second-order valence-electron chi connectivity index (χ2n) is 7.55. The molecule has 0 fully saturated rings. The van der Waals surface area contributed by atoms with E-state index in [9.17, 15) is 0 Å². The molecule has 2 aliphatic carbocycles. The van der Waals surface area contributed by atoms with E-state index in [1.54, 1.807) is 36.6 Å². The molecule has 1 unspecified atom stereocenters. The van der Waals surface area contributed by atoms with E-state index >= 15 is 0 Å². The molecule has 0 nitrogen and oxygen atoms in total. The molecule has 0 radical (unpaired) electrons. The predicted molar refractivity (Wildman–Crippen MR) is 111 cm³/mol. The minimum atomic E-state index is -0.644. The number of benzene rings is 2. The van der Waals surface area contributed by atoms with Gasteiger partial charge in [-0.15, -0.1) is 0 Å². The van der Waals surface area contributed by atoms with Gasteiger partial charge in [0.05, 0.1) is 0 Å². The second kappa shape index (κ2) is 9.84. The molecule has 0 aliphatic heterocycles. The van der Waals surface area contributed by atoms with Gasteiger partial charge >= 0.3 is 170 Å². The van der Waals surface area contributed by atoms with E-state index in [2.05, 4.69) is 76.3 Å². The molecule has 2 aliphatic rings. The van der Waals surface area contributed by atoms with Crippen LogP contribution in [0, 0.1) is 0 Å². The smallest absolute Gasteiger partial charge is 1.00 e. The summed E-state index contributed by atoms with van der Waals surface area (Å²) in [7, 11) is 0. The fourth-order valence-electron chi connectivity index (χ4n) is 4.63. The van der Waals surface area contributed by atoms with E-state index in [-0.39, 0.29) is 24.8 Å². The van der Waals surface area contributed by atoms with E-state index in [1.165, 1.54) is 11.1 Å². The zero-order valence-corrected chi connectivity index (χ0v) is 21.0. The number of fused-ring (bicyclic) bond motifs is 3. The van der Waals surface area contributed by atoms with Crippen molar-refractivity contribution in [2.24, 2.45) is 0 Å². The maximum atomic E-state index is 2.53. The summed E-state index contributed by atoms with van der Waals surface area (Å²) in [5.74, 6) is 0. The average molecular weight is 490 g/mol. The Kier molecular flexibility index (Phi) is 8.27. The Morgan fingerprint density at radius 1 is 1.04 bits per heavy atom. The van der Waals surface area contributed by atoms with Crippen LogP contribution < -0.4 is 24.8 Å². The number of hydrogen-bond donors (Lipinski definition) is 0. The Balaban J connectivity index is 0.00000140. The van der Waals surface area contributed by atoms with E-state index < -0.39 is 22.8 Å². The number of rotatable bonds is 4. The minimum absolute atomic E-state index is 0. The zero-order chi connectivity index (χ0) is 18.3. The third-order valence-corrected chi connectivity index (χ3v) is 9.28. The number of aryl methyl sites for hydroxylation is 1. The molecular formula is C25H27Cl2Zr. The van der Waals surface area contributed by atoms with Crippen molar-refractivity contribution in [1.82, 2.24) is 0 Å².